The molecular formula is C19H24N2O. The van der Waals surface area contributed by atoms with Gasteiger partial charge in [0.1, 0.15) is 0 Å². The Bertz CT molecular complexity index is 615. The second kappa shape index (κ2) is 7.23. The maximum Gasteiger partial charge on any atom is 0.251 e. The van der Waals surface area contributed by atoms with Gasteiger partial charge in [-0.15, -0.1) is 0 Å². The van der Waals surface area contributed by atoms with Gasteiger partial charge in [-0.3, -0.25) is 4.79 Å². The van der Waals surface area contributed by atoms with Gasteiger partial charge in [0.2, 0.25) is 0 Å². The molecule has 2 rings (SSSR count). The number of aryl methyl sites for hydroxylation is 1. The van der Waals surface area contributed by atoms with E-state index in [9.17, 15) is 4.79 Å². The quantitative estimate of drug-likeness (QED) is 0.886. The fourth-order valence-corrected chi connectivity index (χ4v) is 2.26. The predicted octanol–water partition coefficient (Wildman–Crippen LogP) is 3.55. The van der Waals surface area contributed by atoms with Crippen molar-refractivity contribution in [3.63, 3.8) is 0 Å². The molecule has 0 radical (unpaired) electrons. The van der Waals surface area contributed by atoms with E-state index >= 15 is 0 Å². The topological polar surface area (TPSA) is 55.1 Å². The Morgan fingerprint density at radius 1 is 1.00 bits per heavy atom. The molecule has 0 heterocycles. The minimum absolute atomic E-state index is 0.0887. The van der Waals surface area contributed by atoms with Gasteiger partial charge < -0.3 is 11.1 Å². The molecule has 0 aromatic heterocycles. The molecule has 0 saturated carbocycles. The maximum absolute atomic E-state index is 12.1. The van der Waals surface area contributed by atoms with Gasteiger partial charge in [-0.2, -0.15) is 0 Å². The molecule has 1 amide bonds. The van der Waals surface area contributed by atoms with Crippen molar-refractivity contribution < 1.29 is 4.79 Å². The van der Waals surface area contributed by atoms with Crippen molar-refractivity contribution in [2.45, 2.75) is 32.7 Å². The zero-order valence-corrected chi connectivity index (χ0v) is 13.5. The number of benzene rings is 2. The molecule has 0 aliphatic carbocycles. The van der Waals surface area contributed by atoms with Crippen LogP contribution < -0.4 is 11.1 Å². The fraction of sp³-hybridized carbons (Fsp3) is 0.316. The lowest BCUT2D eigenvalue weighted by molar-refractivity contribution is 0.0951. The van der Waals surface area contributed by atoms with Crippen LogP contribution >= 0.6 is 0 Å². The van der Waals surface area contributed by atoms with Crippen LogP contribution in [0.15, 0.2) is 48.5 Å². The van der Waals surface area contributed by atoms with Crippen LogP contribution in [0.5, 0.6) is 0 Å². The monoisotopic (exact) mass is 296 g/mol. The summed E-state index contributed by atoms with van der Waals surface area (Å²) in [6, 6.07) is 15.6. The lowest BCUT2D eigenvalue weighted by atomic mass is 9.99. The normalized spacial score (nSPS) is 12.2. The van der Waals surface area contributed by atoms with Crippen molar-refractivity contribution in [1.29, 1.82) is 0 Å². The third-order valence-electron chi connectivity index (χ3n) is 3.83. The van der Waals surface area contributed by atoms with Gasteiger partial charge in [0.25, 0.3) is 5.91 Å². The summed E-state index contributed by atoms with van der Waals surface area (Å²) in [4.78, 5) is 12.1. The number of rotatable bonds is 5. The van der Waals surface area contributed by atoms with E-state index in [4.69, 9.17) is 5.73 Å². The molecule has 1 atom stereocenters. The Hall–Kier alpha value is -2.13. The lowest BCUT2D eigenvalue weighted by Gasteiger charge is -2.14. The first-order chi connectivity index (χ1) is 10.5. The van der Waals surface area contributed by atoms with E-state index in [1.54, 1.807) is 0 Å². The Balaban J connectivity index is 1.93. The second-order valence-electron chi connectivity index (χ2n) is 6.00. The van der Waals surface area contributed by atoms with Crippen molar-refractivity contribution in [1.82, 2.24) is 5.32 Å². The molecule has 3 N–H and O–H groups in total. The number of nitrogens with two attached hydrogens (primary N) is 1. The van der Waals surface area contributed by atoms with Crippen LogP contribution in [-0.2, 0) is 0 Å². The summed E-state index contributed by atoms with van der Waals surface area (Å²) in [5, 5.41) is 2.89. The minimum atomic E-state index is -0.199. The van der Waals surface area contributed by atoms with Gasteiger partial charge in [0, 0.05) is 18.2 Å². The summed E-state index contributed by atoms with van der Waals surface area (Å²) in [6.07, 6.45) is 0. The highest BCUT2D eigenvalue weighted by Crippen LogP contribution is 2.17. The fourth-order valence-electron chi connectivity index (χ4n) is 2.26. The molecule has 3 nitrogen and oxygen atoms in total. The van der Waals surface area contributed by atoms with E-state index in [-0.39, 0.29) is 11.9 Å². The van der Waals surface area contributed by atoms with Crippen molar-refractivity contribution >= 4 is 5.91 Å². The van der Waals surface area contributed by atoms with E-state index in [0.717, 1.165) is 11.1 Å². The smallest absolute Gasteiger partial charge is 0.251 e. The summed E-state index contributed by atoms with van der Waals surface area (Å²) in [7, 11) is 0. The number of nitrogens with one attached hydrogen (secondary N) is 1. The Morgan fingerprint density at radius 2 is 1.55 bits per heavy atom. The van der Waals surface area contributed by atoms with E-state index < -0.39 is 0 Å². The van der Waals surface area contributed by atoms with Gasteiger partial charge in [-0.1, -0.05) is 55.8 Å². The molecule has 22 heavy (non-hydrogen) atoms. The first kappa shape index (κ1) is 16.2. The summed E-state index contributed by atoms with van der Waals surface area (Å²) in [5.41, 5.74) is 10.3. The largest absolute Gasteiger partial charge is 0.350 e. The number of hydrogen-bond donors (Lipinski definition) is 2. The first-order valence-corrected chi connectivity index (χ1v) is 7.67. The number of amides is 1. The first-order valence-electron chi connectivity index (χ1n) is 7.67. The highest BCUT2D eigenvalue weighted by molar-refractivity contribution is 5.94. The molecule has 3 heteroatoms. The molecule has 0 bridgehead atoms. The highest BCUT2D eigenvalue weighted by Gasteiger charge is 2.10. The molecular weight excluding hydrogens is 272 g/mol. The van der Waals surface area contributed by atoms with Gasteiger partial charge in [0.15, 0.2) is 0 Å². The summed E-state index contributed by atoms with van der Waals surface area (Å²) in [6.45, 7) is 6.75. The average molecular weight is 296 g/mol. The predicted molar refractivity (Wildman–Crippen MR) is 91.0 cm³/mol. The standard InChI is InChI=1S/C19H24N2O/c1-13(2)15-8-10-16(11-9-15)18(20)12-21-19(22)17-6-4-14(3)5-7-17/h4-11,13,18H,12,20H2,1-3H3,(H,21,22). The molecule has 116 valence electrons. The highest BCUT2D eigenvalue weighted by atomic mass is 16.1. The average Bonchev–Trinajstić information content (AvgIpc) is 2.53. The van der Waals surface area contributed by atoms with Gasteiger partial charge in [-0.25, -0.2) is 0 Å². The van der Waals surface area contributed by atoms with Crippen LogP contribution in [0.25, 0.3) is 0 Å². The molecule has 1 unspecified atom stereocenters. The zero-order chi connectivity index (χ0) is 16.1. The van der Waals surface area contributed by atoms with Crippen LogP contribution in [0.3, 0.4) is 0 Å². The van der Waals surface area contributed by atoms with Gasteiger partial charge in [-0.05, 0) is 36.1 Å². The van der Waals surface area contributed by atoms with Crippen molar-refractivity contribution in [2.75, 3.05) is 6.54 Å². The van der Waals surface area contributed by atoms with E-state index in [2.05, 4.69) is 31.3 Å². The number of hydrogen-bond acceptors (Lipinski definition) is 2. The molecule has 0 saturated heterocycles. The second-order valence-corrected chi connectivity index (χ2v) is 6.00. The van der Waals surface area contributed by atoms with Crippen LogP contribution in [0.4, 0.5) is 0 Å². The third-order valence-corrected chi connectivity index (χ3v) is 3.83. The Morgan fingerprint density at radius 3 is 2.09 bits per heavy atom. The molecule has 0 aliphatic heterocycles. The number of carbonyl (C=O) groups is 1. The Labute approximate surface area is 132 Å². The van der Waals surface area contributed by atoms with Crippen LogP contribution in [0.2, 0.25) is 0 Å². The maximum atomic E-state index is 12.1. The van der Waals surface area contributed by atoms with Crippen molar-refractivity contribution in [2.24, 2.45) is 5.73 Å². The van der Waals surface area contributed by atoms with E-state index in [1.807, 2.05) is 43.3 Å². The molecule has 0 spiro atoms. The molecule has 2 aromatic rings. The Kier molecular flexibility index (Phi) is 5.34. The molecule has 0 aliphatic rings. The summed E-state index contributed by atoms with van der Waals surface area (Å²) in [5.74, 6) is 0.417. The minimum Gasteiger partial charge on any atom is -0.350 e. The van der Waals surface area contributed by atoms with Crippen LogP contribution in [0, 0.1) is 6.92 Å². The van der Waals surface area contributed by atoms with Crippen LogP contribution in [-0.4, -0.2) is 12.5 Å². The molecule has 0 fully saturated rings. The van der Waals surface area contributed by atoms with Gasteiger partial charge in [0.05, 0.1) is 0 Å². The number of carbonyl (C=O) groups excluding carboxylic acids is 1. The SMILES string of the molecule is Cc1ccc(C(=O)NCC(N)c2ccc(C(C)C)cc2)cc1. The lowest BCUT2D eigenvalue weighted by Crippen LogP contribution is -2.31. The van der Waals surface area contributed by atoms with Gasteiger partial charge >= 0.3 is 0 Å². The summed E-state index contributed by atoms with van der Waals surface area (Å²) >= 11 is 0. The summed E-state index contributed by atoms with van der Waals surface area (Å²) < 4.78 is 0. The van der Waals surface area contributed by atoms with E-state index in [0.29, 0.717) is 18.0 Å². The molecule has 2 aromatic carbocycles. The van der Waals surface area contributed by atoms with Crippen LogP contribution in [0.1, 0.15) is 52.9 Å². The van der Waals surface area contributed by atoms with E-state index in [1.165, 1.54) is 5.56 Å². The third kappa shape index (κ3) is 4.18. The zero-order valence-electron chi connectivity index (χ0n) is 13.5. The van der Waals surface area contributed by atoms with Crippen molar-refractivity contribution in [3.05, 3.63) is 70.8 Å². The van der Waals surface area contributed by atoms with Crippen molar-refractivity contribution in [3.8, 4) is 0 Å².